The molecule has 0 fully saturated rings. The molecule has 2 atom stereocenters. The molecule has 9 heteroatoms. The van der Waals surface area contributed by atoms with Gasteiger partial charge in [-0.3, -0.25) is 0 Å². The molecule has 0 spiro atoms. The molecular formula is C8H15N5O3S. The van der Waals surface area contributed by atoms with Gasteiger partial charge in [0.25, 0.3) is 0 Å². The Labute approximate surface area is 101 Å². The minimum absolute atomic E-state index is 0.150. The molecule has 4 N–H and O–H groups in total. The zero-order valence-corrected chi connectivity index (χ0v) is 10.4. The van der Waals surface area contributed by atoms with Crippen LogP contribution in [-0.2, 0) is 11.2 Å². The number of anilines is 1. The topological polar surface area (TPSA) is 133 Å². The molecule has 1 unspecified atom stereocenters. The van der Waals surface area contributed by atoms with E-state index < -0.39 is 11.2 Å². The maximum Gasteiger partial charge on any atom is 0.202 e. The molecule has 17 heavy (non-hydrogen) atoms. The molecule has 96 valence electrons. The first kappa shape index (κ1) is 13.6. The summed E-state index contributed by atoms with van der Waals surface area (Å²) in [5, 5.41) is 21.4. The van der Waals surface area contributed by atoms with Gasteiger partial charge < -0.3 is 20.8 Å². The quantitative estimate of drug-likeness (QED) is 0.208. The van der Waals surface area contributed by atoms with Crippen LogP contribution < -0.4 is 11.1 Å². The Bertz CT molecular complexity index is 381. The van der Waals surface area contributed by atoms with Gasteiger partial charge in [0, 0.05) is 12.5 Å². The van der Waals surface area contributed by atoms with E-state index in [1.54, 1.807) is 6.26 Å². The van der Waals surface area contributed by atoms with Crippen LogP contribution in [0.3, 0.4) is 0 Å². The van der Waals surface area contributed by atoms with E-state index in [9.17, 15) is 4.55 Å². The van der Waals surface area contributed by atoms with Gasteiger partial charge in [-0.15, -0.1) is 0 Å². The molecule has 1 heterocycles. The summed E-state index contributed by atoms with van der Waals surface area (Å²) in [5.74, 6) is 0.893. The minimum atomic E-state index is -0.848. The van der Waals surface area contributed by atoms with Crippen molar-refractivity contribution in [3.05, 3.63) is 5.69 Å². The summed E-state index contributed by atoms with van der Waals surface area (Å²) in [5.41, 5.74) is 5.53. The van der Waals surface area contributed by atoms with Gasteiger partial charge in [0.1, 0.15) is 5.75 Å². The molecule has 0 aliphatic rings. The van der Waals surface area contributed by atoms with Crippen molar-refractivity contribution in [2.75, 3.05) is 23.9 Å². The molecule has 0 saturated heterocycles. The normalized spacial score (nSPS) is 15.6. The molecule has 0 aliphatic carbocycles. The zero-order valence-electron chi connectivity index (χ0n) is 9.58. The van der Waals surface area contributed by atoms with Gasteiger partial charge in [-0.05, 0) is 10.3 Å². The molecule has 8 nitrogen and oxygen atoms in total. The average molecular weight is 261 g/mol. The minimum Gasteiger partial charge on any atom is -0.617 e. The lowest BCUT2D eigenvalue weighted by atomic mass is 10.2. The highest BCUT2D eigenvalue weighted by molar-refractivity contribution is 7.90. The Hall–Kier alpha value is -1.48. The fourth-order valence-corrected chi connectivity index (χ4v) is 2.17. The van der Waals surface area contributed by atoms with Crippen molar-refractivity contribution in [3.8, 4) is 0 Å². The van der Waals surface area contributed by atoms with Gasteiger partial charge in [-0.2, -0.15) is 0 Å². The lowest BCUT2D eigenvalue weighted by molar-refractivity contribution is 0.304. The molecular weight excluding hydrogens is 246 g/mol. The highest BCUT2D eigenvalue weighted by Crippen LogP contribution is 2.10. The predicted octanol–water partition coefficient (Wildman–Crippen LogP) is -0.409. The van der Waals surface area contributed by atoms with Crippen molar-refractivity contribution >= 4 is 22.8 Å². The Balaban J connectivity index is 2.55. The fourth-order valence-electron chi connectivity index (χ4n) is 1.25. The van der Waals surface area contributed by atoms with E-state index in [0.29, 0.717) is 18.1 Å². The number of nitrogens with one attached hydrogen (secondary N) is 1. The van der Waals surface area contributed by atoms with E-state index in [0.717, 1.165) is 0 Å². The molecule has 1 aromatic rings. The van der Waals surface area contributed by atoms with Crippen LogP contribution in [0.15, 0.2) is 9.78 Å². The lowest BCUT2D eigenvalue weighted by Gasteiger charge is -2.12. The second-order valence-corrected chi connectivity index (χ2v) is 5.15. The molecule has 0 radical (unpaired) electrons. The third kappa shape index (κ3) is 4.11. The van der Waals surface area contributed by atoms with Crippen molar-refractivity contribution in [2.24, 2.45) is 16.8 Å². The maximum absolute atomic E-state index is 11.0. The summed E-state index contributed by atoms with van der Waals surface area (Å²) in [6, 6.07) is 0. The number of aromatic nitrogens is 2. The molecule has 0 bridgehead atoms. The van der Waals surface area contributed by atoms with E-state index in [1.165, 1.54) is 0 Å². The van der Waals surface area contributed by atoms with Crippen LogP contribution in [-0.4, -0.2) is 44.5 Å². The van der Waals surface area contributed by atoms with Crippen LogP contribution in [0, 0.1) is 5.92 Å². The third-order valence-electron chi connectivity index (χ3n) is 1.98. The maximum atomic E-state index is 11.0. The van der Waals surface area contributed by atoms with Crippen LogP contribution in [0.2, 0.25) is 0 Å². The van der Waals surface area contributed by atoms with E-state index in [2.05, 4.69) is 25.4 Å². The number of rotatable bonds is 6. The summed E-state index contributed by atoms with van der Waals surface area (Å²) < 4.78 is 15.5. The Kier molecular flexibility index (Phi) is 5.04. The second kappa shape index (κ2) is 6.30. The molecule has 0 saturated carbocycles. The van der Waals surface area contributed by atoms with Crippen LogP contribution in [0.4, 0.5) is 5.82 Å². The van der Waals surface area contributed by atoms with Crippen molar-refractivity contribution in [3.63, 3.8) is 0 Å². The van der Waals surface area contributed by atoms with Crippen molar-refractivity contribution in [1.29, 1.82) is 0 Å². The van der Waals surface area contributed by atoms with Crippen molar-refractivity contribution in [2.45, 2.75) is 6.92 Å². The largest absolute Gasteiger partial charge is 0.617 e. The van der Waals surface area contributed by atoms with Crippen LogP contribution >= 0.6 is 0 Å². The first-order valence-corrected chi connectivity index (χ1v) is 6.61. The number of hydrogen-bond acceptors (Lipinski definition) is 7. The summed E-state index contributed by atoms with van der Waals surface area (Å²) in [6.07, 6.45) is 1.65. The average Bonchev–Trinajstić information content (AvgIpc) is 2.72. The standard InChI is InChI=1S/C8H15N5O3S/c1-5(4-17(2)15)3-10-8-6(7(9)11-14)12-16-13-8/h5,14H,3-4H2,1-2H3,(H2,9,11)(H,10,13)/t5-,17?/m1/s1. The van der Waals surface area contributed by atoms with Gasteiger partial charge >= 0.3 is 0 Å². The summed E-state index contributed by atoms with van der Waals surface area (Å²) in [6.45, 7) is 2.49. The zero-order chi connectivity index (χ0) is 12.8. The fraction of sp³-hybridized carbons (Fsp3) is 0.625. The lowest BCUT2D eigenvalue weighted by Crippen LogP contribution is -2.22. The number of nitrogens with zero attached hydrogens (tertiary/aromatic N) is 3. The van der Waals surface area contributed by atoms with Gasteiger partial charge in [0.15, 0.2) is 11.5 Å². The second-order valence-electron chi connectivity index (χ2n) is 3.67. The number of amidine groups is 1. The molecule has 1 aromatic heterocycles. The number of nitrogens with two attached hydrogens (primary N) is 1. The van der Waals surface area contributed by atoms with Crippen LogP contribution in [0.5, 0.6) is 0 Å². The van der Waals surface area contributed by atoms with Crippen molar-refractivity contribution < 1.29 is 14.4 Å². The monoisotopic (exact) mass is 261 g/mol. The van der Waals surface area contributed by atoms with E-state index in [-0.39, 0.29) is 17.4 Å². The number of oxime groups is 1. The molecule has 1 rings (SSSR count). The highest BCUT2D eigenvalue weighted by Gasteiger charge is 2.16. The Morgan fingerprint density at radius 2 is 2.41 bits per heavy atom. The SMILES string of the molecule is C[C@H](CNc1nonc1/C(N)=N/O)C[S+](C)[O-]. The smallest absolute Gasteiger partial charge is 0.202 e. The van der Waals surface area contributed by atoms with Crippen LogP contribution in [0.25, 0.3) is 0 Å². The van der Waals surface area contributed by atoms with Gasteiger partial charge in [0.2, 0.25) is 5.82 Å². The van der Waals surface area contributed by atoms with E-state index in [4.69, 9.17) is 10.9 Å². The Morgan fingerprint density at radius 3 is 3.00 bits per heavy atom. The van der Waals surface area contributed by atoms with Crippen LogP contribution in [0.1, 0.15) is 12.6 Å². The first-order chi connectivity index (χ1) is 8.04. The first-order valence-electron chi connectivity index (χ1n) is 4.89. The van der Waals surface area contributed by atoms with Crippen molar-refractivity contribution in [1.82, 2.24) is 10.3 Å². The molecule has 0 aromatic carbocycles. The predicted molar refractivity (Wildman–Crippen MR) is 63.4 cm³/mol. The molecule has 0 amide bonds. The Morgan fingerprint density at radius 1 is 1.71 bits per heavy atom. The van der Waals surface area contributed by atoms with E-state index in [1.807, 2.05) is 6.92 Å². The van der Waals surface area contributed by atoms with Gasteiger partial charge in [-0.25, -0.2) is 4.63 Å². The van der Waals surface area contributed by atoms with Gasteiger partial charge in [-0.1, -0.05) is 23.3 Å². The summed E-state index contributed by atoms with van der Waals surface area (Å²) in [7, 11) is 0. The number of hydrogen-bond donors (Lipinski definition) is 3. The van der Waals surface area contributed by atoms with E-state index >= 15 is 0 Å². The molecule has 0 aliphatic heterocycles. The summed E-state index contributed by atoms with van der Waals surface area (Å²) >= 11 is -0.848. The third-order valence-corrected chi connectivity index (χ3v) is 3.01. The highest BCUT2D eigenvalue weighted by atomic mass is 32.2. The summed E-state index contributed by atoms with van der Waals surface area (Å²) in [4.78, 5) is 0. The van der Waals surface area contributed by atoms with Gasteiger partial charge in [0.05, 0.1) is 6.26 Å².